The molecule has 27 heavy (non-hydrogen) atoms. The van der Waals surface area contributed by atoms with Gasteiger partial charge in [-0.05, 0) is 36.2 Å². The molecule has 1 amide bonds. The van der Waals surface area contributed by atoms with Crippen molar-refractivity contribution in [1.82, 2.24) is 9.21 Å². The van der Waals surface area contributed by atoms with Gasteiger partial charge in [0, 0.05) is 32.6 Å². The first kappa shape index (κ1) is 19.3. The van der Waals surface area contributed by atoms with Gasteiger partial charge in [0.1, 0.15) is 11.6 Å². The van der Waals surface area contributed by atoms with E-state index in [-0.39, 0.29) is 49.2 Å². The number of hydrogen-bond acceptors (Lipinski definition) is 4. The van der Waals surface area contributed by atoms with Gasteiger partial charge in [-0.3, -0.25) is 4.79 Å². The van der Waals surface area contributed by atoms with Crippen LogP contribution in [0.5, 0.6) is 5.75 Å². The average molecular weight is 392 g/mol. The Morgan fingerprint density at radius 3 is 2.41 bits per heavy atom. The predicted octanol–water partition coefficient (Wildman–Crippen LogP) is 2.00. The molecule has 0 saturated carbocycles. The van der Waals surface area contributed by atoms with Crippen molar-refractivity contribution in [3.05, 3.63) is 59.9 Å². The van der Waals surface area contributed by atoms with E-state index in [4.69, 9.17) is 0 Å². The average Bonchev–Trinajstić information content (AvgIpc) is 2.67. The summed E-state index contributed by atoms with van der Waals surface area (Å²) in [4.78, 5) is 13.9. The first-order valence-electron chi connectivity index (χ1n) is 8.68. The Hall–Kier alpha value is -2.45. The molecule has 0 radical (unpaired) electrons. The second-order valence-electron chi connectivity index (χ2n) is 6.37. The maximum absolute atomic E-state index is 13.3. The largest absolute Gasteiger partial charge is 0.508 e. The number of piperazine rings is 1. The standard InChI is InChI=1S/C19H21FN2O4S/c20-16-5-3-6-17(14-16)27(25,26)22-12-10-21(11-13-22)19(24)9-8-15-4-1-2-7-18(15)23/h1-7,14,23H,8-13H2. The summed E-state index contributed by atoms with van der Waals surface area (Å²) < 4.78 is 39.8. The van der Waals surface area contributed by atoms with Crippen LogP contribution in [-0.2, 0) is 21.2 Å². The van der Waals surface area contributed by atoms with Gasteiger partial charge in [0.15, 0.2) is 0 Å². The van der Waals surface area contributed by atoms with Crippen LogP contribution in [0.25, 0.3) is 0 Å². The summed E-state index contributed by atoms with van der Waals surface area (Å²) in [5.74, 6) is -0.522. The number of phenolic OH excluding ortho intramolecular Hbond substituents is 1. The molecule has 1 aliphatic rings. The summed E-state index contributed by atoms with van der Waals surface area (Å²) in [7, 11) is -3.77. The van der Waals surface area contributed by atoms with Crippen LogP contribution in [0.2, 0.25) is 0 Å². The number of para-hydroxylation sites is 1. The Morgan fingerprint density at radius 2 is 1.74 bits per heavy atom. The van der Waals surface area contributed by atoms with Gasteiger partial charge < -0.3 is 10.0 Å². The van der Waals surface area contributed by atoms with Crippen molar-refractivity contribution in [2.45, 2.75) is 17.7 Å². The van der Waals surface area contributed by atoms with Crippen molar-refractivity contribution in [1.29, 1.82) is 0 Å². The van der Waals surface area contributed by atoms with Gasteiger partial charge in [-0.2, -0.15) is 4.31 Å². The second kappa shape index (κ2) is 8.06. The molecule has 0 unspecified atom stereocenters. The van der Waals surface area contributed by atoms with Gasteiger partial charge in [-0.25, -0.2) is 12.8 Å². The molecule has 0 atom stereocenters. The van der Waals surface area contributed by atoms with Gasteiger partial charge in [0.25, 0.3) is 0 Å². The number of sulfonamides is 1. The van der Waals surface area contributed by atoms with E-state index in [1.54, 1.807) is 29.2 Å². The molecule has 6 nitrogen and oxygen atoms in total. The van der Waals surface area contributed by atoms with Crippen LogP contribution in [0.1, 0.15) is 12.0 Å². The topological polar surface area (TPSA) is 77.9 Å². The molecule has 0 spiro atoms. The van der Waals surface area contributed by atoms with Crippen molar-refractivity contribution in [3.63, 3.8) is 0 Å². The maximum Gasteiger partial charge on any atom is 0.243 e. The Labute approximate surface area is 157 Å². The molecule has 2 aromatic carbocycles. The van der Waals surface area contributed by atoms with Crippen LogP contribution in [0.15, 0.2) is 53.4 Å². The number of aryl methyl sites for hydroxylation is 1. The lowest BCUT2D eigenvalue weighted by molar-refractivity contribution is -0.132. The Bertz CT molecular complexity index is 925. The minimum Gasteiger partial charge on any atom is -0.508 e. The van der Waals surface area contributed by atoms with Crippen molar-refractivity contribution in [3.8, 4) is 5.75 Å². The zero-order chi connectivity index (χ0) is 19.4. The van der Waals surface area contributed by atoms with Crippen molar-refractivity contribution < 1.29 is 22.7 Å². The van der Waals surface area contributed by atoms with Gasteiger partial charge in [0.2, 0.25) is 15.9 Å². The molecule has 144 valence electrons. The molecule has 1 aliphatic heterocycles. The number of aromatic hydroxyl groups is 1. The number of carbonyl (C=O) groups excluding carboxylic acids is 1. The number of rotatable bonds is 5. The molecule has 1 fully saturated rings. The van der Waals surface area contributed by atoms with Crippen LogP contribution in [0.4, 0.5) is 4.39 Å². The van der Waals surface area contributed by atoms with E-state index < -0.39 is 15.8 Å². The Balaban J connectivity index is 1.57. The number of carbonyl (C=O) groups is 1. The van der Waals surface area contributed by atoms with Gasteiger partial charge in [-0.1, -0.05) is 24.3 Å². The molecular formula is C19H21FN2O4S. The van der Waals surface area contributed by atoms with Gasteiger partial charge >= 0.3 is 0 Å². The highest BCUT2D eigenvalue weighted by Gasteiger charge is 2.30. The summed E-state index contributed by atoms with van der Waals surface area (Å²) in [6.07, 6.45) is 0.668. The van der Waals surface area contributed by atoms with Crippen LogP contribution in [0.3, 0.4) is 0 Å². The molecule has 2 aromatic rings. The summed E-state index contributed by atoms with van der Waals surface area (Å²) in [5, 5.41) is 9.76. The lowest BCUT2D eigenvalue weighted by Crippen LogP contribution is -2.50. The van der Waals surface area contributed by atoms with E-state index in [0.29, 0.717) is 12.0 Å². The van der Waals surface area contributed by atoms with Crippen molar-refractivity contribution in [2.75, 3.05) is 26.2 Å². The van der Waals surface area contributed by atoms with E-state index in [2.05, 4.69) is 0 Å². The van der Waals surface area contributed by atoms with Crippen LogP contribution in [0, 0.1) is 5.82 Å². The molecule has 0 bridgehead atoms. The molecule has 1 saturated heterocycles. The summed E-state index contributed by atoms with van der Waals surface area (Å²) in [6.45, 7) is 0.907. The SMILES string of the molecule is O=C(CCc1ccccc1O)N1CCN(S(=O)(=O)c2cccc(F)c2)CC1. The molecule has 1 N–H and O–H groups in total. The lowest BCUT2D eigenvalue weighted by atomic mass is 10.1. The second-order valence-corrected chi connectivity index (χ2v) is 8.31. The highest BCUT2D eigenvalue weighted by Crippen LogP contribution is 2.20. The predicted molar refractivity (Wildman–Crippen MR) is 98.2 cm³/mol. The smallest absolute Gasteiger partial charge is 0.243 e. The minimum atomic E-state index is -3.77. The summed E-state index contributed by atoms with van der Waals surface area (Å²) in [6, 6.07) is 11.8. The summed E-state index contributed by atoms with van der Waals surface area (Å²) in [5.41, 5.74) is 0.707. The fourth-order valence-electron chi connectivity index (χ4n) is 3.08. The molecule has 1 heterocycles. The minimum absolute atomic E-state index is 0.0816. The normalized spacial score (nSPS) is 15.7. The maximum atomic E-state index is 13.3. The Kier molecular flexibility index (Phi) is 5.76. The highest BCUT2D eigenvalue weighted by atomic mass is 32.2. The first-order valence-corrected chi connectivity index (χ1v) is 10.1. The molecule has 0 aromatic heterocycles. The van der Waals surface area contributed by atoms with Crippen molar-refractivity contribution >= 4 is 15.9 Å². The third kappa shape index (κ3) is 4.45. The van der Waals surface area contributed by atoms with E-state index >= 15 is 0 Å². The van der Waals surface area contributed by atoms with Crippen LogP contribution in [-0.4, -0.2) is 54.8 Å². The van der Waals surface area contributed by atoms with Crippen LogP contribution < -0.4 is 0 Å². The first-order chi connectivity index (χ1) is 12.9. The number of phenols is 1. The molecule has 0 aliphatic carbocycles. The number of amides is 1. The monoisotopic (exact) mass is 392 g/mol. The Morgan fingerprint density at radius 1 is 1.04 bits per heavy atom. The van der Waals surface area contributed by atoms with E-state index in [1.807, 2.05) is 0 Å². The van der Waals surface area contributed by atoms with E-state index in [0.717, 1.165) is 6.07 Å². The highest BCUT2D eigenvalue weighted by molar-refractivity contribution is 7.89. The van der Waals surface area contributed by atoms with Gasteiger partial charge in [-0.15, -0.1) is 0 Å². The summed E-state index contributed by atoms with van der Waals surface area (Å²) >= 11 is 0. The van der Waals surface area contributed by atoms with Crippen LogP contribution >= 0.6 is 0 Å². The molecule has 3 rings (SSSR count). The number of hydrogen-bond donors (Lipinski definition) is 1. The lowest BCUT2D eigenvalue weighted by Gasteiger charge is -2.34. The number of nitrogens with zero attached hydrogens (tertiary/aromatic N) is 2. The van der Waals surface area contributed by atoms with Crippen molar-refractivity contribution in [2.24, 2.45) is 0 Å². The quantitative estimate of drug-likeness (QED) is 0.844. The number of halogens is 1. The zero-order valence-corrected chi connectivity index (χ0v) is 15.5. The number of benzene rings is 2. The van der Waals surface area contributed by atoms with E-state index in [1.165, 1.54) is 22.5 Å². The molecule has 8 heteroatoms. The zero-order valence-electron chi connectivity index (χ0n) is 14.7. The van der Waals surface area contributed by atoms with Gasteiger partial charge in [0.05, 0.1) is 4.90 Å². The fourth-order valence-corrected chi connectivity index (χ4v) is 4.53. The third-order valence-electron chi connectivity index (χ3n) is 4.63. The van der Waals surface area contributed by atoms with E-state index in [9.17, 15) is 22.7 Å². The third-order valence-corrected chi connectivity index (χ3v) is 6.52. The molecular weight excluding hydrogens is 371 g/mol. The fraction of sp³-hybridized carbons (Fsp3) is 0.316.